The van der Waals surface area contributed by atoms with E-state index in [1.807, 2.05) is 24.0 Å². The molecule has 3 rings (SSSR count). The van der Waals surface area contributed by atoms with Crippen molar-refractivity contribution in [1.29, 1.82) is 0 Å². The van der Waals surface area contributed by atoms with Gasteiger partial charge in [-0.1, -0.05) is 0 Å². The number of rotatable bonds is 7. The van der Waals surface area contributed by atoms with E-state index in [2.05, 4.69) is 14.8 Å². The largest absolute Gasteiger partial charge is 0.383 e. The zero-order chi connectivity index (χ0) is 18.6. The molecule has 26 heavy (non-hydrogen) atoms. The molecule has 0 radical (unpaired) electrons. The maximum absolute atomic E-state index is 12.7. The smallest absolute Gasteiger partial charge is 0.255 e. The lowest BCUT2D eigenvalue weighted by Gasteiger charge is -2.43. The number of hydrogen-bond acceptors (Lipinski definition) is 6. The topological polar surface area (TPSA) is 74.1 Å². The summed E-state index contributed by atoms with van der Waals surface area (Å²) in [5.74, 6) is 0.921. The van der Waals surface area contributed by atoms with Crippen LogP contribution < -0.4 is 0 Å². The number of ether oxygens (including phenoxy) is 1. The summed E-state index contributed by atoms with van der Waals surface area (Å²) in [5.41, 5.74) is -1.26. The molecular formula is C18H31N5O3. The maximum Gasteiger partial charge on any atom is 0.255 e. The Bertz CT molecular complexity index is 599. The van der Waals surface area contributed by atoms with E-state index in [1.54, 1.807) is 12.0 Å². The Hall–Kier alpha value is -1.48. The summed E-state index contributed by atoms with van der Waals surface area (Å²) in [7, 11) is 3.64. The number of β-amino-alcohol motifs (C(OH)–C–C–N with tert-alkyl or cyclic N) is 1. The summed E-state index contributed by atoms with van der Waals surface area (Å²) in [6.45, 7) is 6.59. The van der Waals surface area contributed by atoms with Crippen molar-refractivity contribution in [1.82, 2.24) is 24.3 Å². The van der Waals surface area contributed by atoms with Crippen LogP contribution in [-0.2, 0) is 23.1 Å². The molecule has 1 atom stereocenters. The van der Waals surface area contributed by atoms with Gasteiger partial charge in [0, 0.05) is 72.4 Å². The molecule has 3 heterocycles. The van der Waals surface area contributed by atoms with E-state index >= 15 is 0 Å². The van der Waals surface area contributed by atoms with Crippen LogP contribution in [0.3, 0.4) is 0 Å². The van der Waals surface area contributed by atoms with Crippen molar-refractivity contribution in [3.8, 4) is 0 Å². The third-order valence-corrected chi connectivity index (χ3v) is 5.51. The molecule has 2 aliphatic heterocycles. The Kier molecular flexibility index (Phi) is 6.29. The molecule has 2 saturated heterocycles. The van der Waals surface area contributed by atoms with Gasteiger partial charge in [-0.3, -0.25) is 14.6 Å². The molecule has 2 fully saturated rings. The van der Waals surface area contributed by atoms with E-state index < -0.39 is 5.60 Å². The highest BCUT2D eigenvalue weighted by molar-refractivity contribution is 5.86. The number of aliphatic hydroxyl groups is 1. The summed E-state index contributed by atoms with van der Waals surface area (Å²) in [6.07, 6.45) is 5.17. The van der Waals surface area contributed by atoms with Crippen molar-refractivity contribution in [3.63, 3.8) is 0 Å². The van der Waals surface area contributed by atoms with Crippen molar-refractivity contribution in [2.45, 2.75) is 25.0 Å². The number of carbonyl (C=O) groups is 1. The van der Waals surface area contributed by atoms with E-state index in [-0.39, 0.29) is 5.91 Å². The highest BCUT2D eigenvalue weighted by atomic mass is 16.5. The molecule has 0 saturated carbocycles. The van der Waals surface area contributed by atoms with Crippen LogP contribution in [0.1, 0.15) is 18.7 Å². The van der Waals surface area contributed by atoms with Crippen molar-refractivity contribution < 1.29 is 14.6 Å². The minimum Gasteiger partial charge on any atom is -0.383 e. The Morgan fingerprint density at radius 3 is 2.62 bits per heavy atom. The zero-order valence-electron chi connectivity index (χ0n) is 15.9. The summed E-state index contributed by atoms with van der Waals surface area (Å²) in [6, 6.07) is 0. The normalized spacial score (nSPS) is 25.8. The Morgan fingerprint density at radius 1 is 1.23 bits per heavy atom. The van der Waals surface area contributed by atoms with Crippen molar-refractivity contribution in [3.05, 3.63) is 18.2 Å². The lowest BCUT2D eigenvalue weighted by Crippen LogP contribution is -2.60. The molecule has 8 nitrogen and oxygen atoms in total. The molecule has 8 heteroatoms. The van der Waals surface area contributed by atoms with Crippen LogP contribution in [0.2, 0.25) is 0 Å². The fourth-order valence-corrected chi connectivity index (χ4v) is 3.85. The van der Waals surface area contributed by atoms with Gasteiger partial charge in [0.25, 0.3) is 5.91 Å². The van der Waals surface area contributed by atoms with Gasteiger partial charge in [0.15, 0.2) is 5.60 Å². The fraction of sp³-hybridized carbons (Fsp3) is 0.778. The Labute approximate surface area is 155 Å². The second-order valence-electron chi connectivity index (χ2n) is 7.43. The van der Waals surface area contributed by atoms with E-state index in [0.717, 1.165) is 45.0 Å². The van der Waals surface area contributed by atoms with Gasteiger partial charge >= 0.3 is 0 Å². The average Bonchev–Trinajstić information content (AvgIpc) is 3.03. The van der Waals surface area contributed by atoms with Crippen molar-refractivity contribution in [2.75, 3.05) is 59.5 Å². The van der Waals surface area contributed by atoms with Gasteiger partial charge in [-0.2, -0.15) is 0 Å². The predicted molar refractivity (Wildman–Crippen MR) is 97.6 cm³/mol. The third kappa shape index (κ3) is 4.43. The highest BCUT2D eigenvalue weighted by Crippen LogP contribution is 2.24. The number of piperazine rings is 1. The average molecular weight is 365 g/mol. The van der Waals surface area contributed by atoms with Crippen LogP contribution in [0.5, 0.6) is 0 Å². The first-order valence-electron chi connectivity index (χ1n) is 9.43. The third-order valence-electron chi connectivity index (χ3n) is 5.51. The fourth-order valence-electron chi connectivity index (χ4n) is 3.85. The van der Waals surface area contributed by atoms with Crippen molar-refractivity contribution >= 4 is 5.91 Å². The number of aromatic nitrogens is 2. The molecule has 0 unspecified atom stereocenters. The highest BCUT2D eigenvalue weighted by Gasteiger charge is 2.43. The van der Waals surface area contributed by atoms with E-state index in [1.165, 1.54) is 0 Å². The summed E-state index contributed by atoms with van der Waals surface area (Å²) < 4.78 is 7.12. The summed E-state index contributed by atoms with van der Waals surface area (Å²) >= 11 is 0. The van der Waals surface area contributed by atoms with E-state index in [0.29, 0.717) is 32.7 Å². The molecule has 1 aromatic rings. The molecular weight excluding hydrogens is 334 g/mol. The van der Waals surface area contributed by atoms with Gasteiger partial charge in [-0.05, 0) is 12.8 Å². The number of piperidine rings is 1. The first-order chi connectivity index (χ1) is 12.5. The number of nitrogens with zero attached hydrogens (tertiary/aromatic N) is 5. The van der Waals surface area contributed by atoms with Crippen LogP contribution in [0, 0.1) is 0 Å². The minimum atomic E-state index is -1.26. The number of hydrogen-bond donors (Lipinski definition) is 1. The molecule has 0 aromatic carbocycles. The first-order valence-corrected chi connectivity index (χ1v) is 9.43. The molecule has 146 valence electrons. The van der Waals surface area contributed by atoms with Gasteiger partial charge < -0.3 is 19.3 Å². The van der Waals surface area contributed by atoms with Crippen LogP contribution in [0.15, 0.2) is 12.4 Å². The SMILES string of the molecule is COCCN1CCC[C@@](O)(CN2CCN(Cc3nccn3C)CC2)C1=O. The second-order valence-corrected chi connectivity index (χ2v) is 7.43. The van der Waals surface area contributed by atoms with Gasteiger partial charge in [0.05, 0.1) is 13.2 Å². The molecule has 0 aliphatic carbocycles. The van der Waals surface area contributed by atoms with Gasteiger partial charge in [0.2, 0.25) is 0 Å². The quantitative estimate of drug-likeness (QED) is 0.705. The standard InChI is InChI=1S/C18H31N5O3/c1-20-7-5-19-16(20)14-21-8-10-22(11-9-21)15-18(25)4-3-6-23(17(18)24)12-13-26-2/h5,7,25H,3-4,6,8-15H2,1-2H3/t18-/m1/s1. The Balaban J connectivity index is 1.50. The molecule has 0 spiro atoms. The maximum atomic E-state index is 12.7. The van der Waals surface area contributed by atoms with Gasteiger partial charge in [-0.15, -0.1) is 0 Å². The molecule has 0 bridgehead atoms. The van der Waals surface area contributed by atoms with Crippen LogP contribution in [0.25, 0.3) is 0 Å². The lowest BCUT2D eigenvalue weighted by atomic mass is 9.91. The van der Waals surface area contributed by atoms with Gasteiger partial charge in [-0.25, -0.2) is 4.98 Å². The number of aryl methyl sites for hydroxylation is 1. The lowest BCUT2D eigenvalue weighted by molar-refractivity contribution is -0.160. The summed E-state index contributed by atoms with van der Waals surface area (Å²) in [4.78, 5) is 23.4. The number of likely N-dealkylation sites (tertiary alicyclic amines) is 1. The number of methoxy groups -OCH3 is 1. The van der Waals surface area contributed by atoms with E-state index in [9.17, 15) is 9.90 Å². The van der Waals surface area contributed by atoms with Crippen molar-refractivity contribution in [2.24, 2.45) is 7.05 Å². The first kappa shape index (κ1) is 19.3. The van der Waals surface area contributed by atoms with Crippen LogP contribution in [0.4, 0.5) is 0 Å². The predicted octanol–water partition coefficient (Wildman–Crippen LogP) is -0.462. The van der Waals surface area contributed by atoms with Crippen LogP contribution in [-0.4, -0.2) is 100 Å². The molecule has 1 N–H and O–H groups in total. The van der Waals surface area contributed by atoms with Gasteiger partial charge in [0.1, 0.15) is 5.82 Å². The minimum absolute atomic E-state index is 0.142. The molecule has 1 aromatic heterocycles. The molecule has 1 amide bonds. The monoisotopic (exact) mass is 365 g/mol. The Morgan fingerprint density at radius 2 is 1.96 bits per heavy atom. The van der Waals surface area contributed by atoms with E-state index in [4.69, 9.17) is 4.74 Å². The molecule has 2 aliphatic rings. The van der Waals surface area contributed by atoms with Crippen LogP contribution >= 0.6 is 0 Å². The second kappa shape index (κ2) is 8.47. The number of carbonyl (C=O) groups excluding carboxylic acids is 1. The zero-order valence-corrected chi connectivity index (χ0v) is 15.9. The number of imidazole rings is 1. The summed E-state index contributed by atoms with van der Waals surface area (Å²) in [5, 5.41) is 11.0. The number of amides is 1.